The molecule has 2 aromatic rings. The molecule has 1 aliphatic heterocycles. The highest BCUT2D eigenvalue weighted by Gasteiger charge is 2.23. The van der Waals surface area contributed by atoms with Crippen LogP contribution < -0.4 is 5.73 Å². The Balaban J connectivity index is 1.84. The van der Waals surface area contributed by atoms with Crippen LogP contribution in [0.2, 0.25) is 0 Å². The minimum absolute atomic E-state index is 0.654. The summed E-state index contributed by atoms with van der Waals surface area (Å²) in [6, 6.07) is 6.52. The Morgan fingerprint density at radius 3 is 3.11 bits per heavy atom. The number of rotatable bonds is 3. The van der Waals surface area contributed by atoms with Crippen molar-refractivity contribution in [3.8, 4) is 0 Å². The molecule has 1 aliphatic rings. The zero-order valence-corrected chi connectivity index (χ0v) is 10.8. The molecule has 96 valence electrons. The summed E-state index contributed by atoms with van der Waals surface area (Å²) in [5.74, 6) is 0.755. The van der Waals surface area contributed by atoms with Gasteiger partial charge in [0.15, 0.2) is 0 Å². The third-order valence-electron chi connectivity index (χ3n) is 3.92. The first-order valence-electron chi connectivity index (χ1n) is 6.74. The fourth-order valence-electron chi connectivity index (χ4n) is 2.96. The SMILES string of the molecule is CCN1CCCC1Cc1cn2c(N)cccc2n1. The van der Waals surface area contributed by atoms with Gasteiger partial charge in [0.05, 0.1) is 5.69 Å². The number of anilines is 1. The molecule has 1 unspecified atom stereocenters. The van der Waals surface area contributed by atoms with Gasteiger partial charge in [0, 0.05) is 18.7 Å². The van der Waals surface area contributed by atoms with Crippen LogP contribution in [0, 0.1) is 0 Å². The maximum Gasteiger partial charge on any atom is 0.138 e. The number of nitrogens with two attached hydrogens (primary N) is 1. The molecule has 1 fully saturated rings. The van der Waals surface area contributed by atoms with Gasteiger partial charge in [-0.3, -0.25) is 4.40 Å². The molecule has 4 heteroatoms. The van der Waals surface area contributed by atoms with Crippen LogP contribution >= 0.6 is 0 Å². The minimum Gasteiger partial charge on any atom is -0.385 e. The molecule has 0 spiro atoms. The molecule has 2 N–H and O–H groups in total. The van der Waals surface area contributed by atoms with Crippen molar-refractivity contribution >= 4 is 11.5 Å². The largest absolute Gasteiger partial charge is 0.385 e. The number of nitrogens with zero attached hydrogens (tertiary/aromatic N) is 3. The third-order valence-corrected chi connectivity index (χ3v) is 3.92. The third kappa shape index (κ3) is 1.97. The zero-order chi connectivity index (χ0) is 12.5. The number of imidazole rings is 1. The van der Waals surface area contributed by atoms with Crippen LogP contribution in [0.1, 0.15) is 25.5 Å². The molecule has 2 aromatic heterocycles. The number of hydrogen-bond donors (Lipinski definition) is 1. The second-order valence-electron chi connectivity index (χ2n) is 5.04. The van der Waals surface area contributed by atoms with Gasteiger partial charge in [0.25, 0.3) is 0 Å². The van der Waals surface area contributed by atoms with Gasteiger partial charge in [-0.05, 0) is 38.1 Å². The Morgan fingerprint density at radius 2 is 2.33 bits per heavy atom. The first-order valence-corrected chi connectivity index (χ1v) is 6.74. The lowest BCUT2D eigenvalue weighted by atomic mass is 10.1. The van der Waals surface area contributed by atoms with Crippen molar-refractivity contribution in [2.75, 3.05) is 18.8 Å². The maximum atomic E-state index is 5.94. The highest BCUT2D eigenvalue weighted by Crippen LogP contribution is 2.21. The van der Waals surface area contributed by atoms with Crippen LogP contribution in [0.3, 0.4) is 0 Å². The van der Waals surface area contributed by atoms with Gasteiger partial charge in [-0.15, -0.1) is 0 Å². The summed E-state index contributed by atoms with van der Waals surface area (Å²) in [6.45, 7) is 4.61. The summed E-state index contributed by atoms with van der Waals surface area (Å²) in [5, 5.41) is 0. The van der Waals surface area contributed by atoms with Gasteiger partial charge in [-0.25, -0.2) is 4.98 Å². The van der Waals surface area contributed by atoms with Crippen LogP contribution in [-0.2, 0) is 6.42 Å². The first kappa shape index (κ1) is 11.5. The fraction of sp³-hybridized carbons (Fsp3) is 0.500. The van der Waals surface area contributed by atoms with E-state index in [1.165, 1.54) is 19.4 Å². The molecule has 3 rings (SSSR count). The molecule has 0 radical (unpaired) electrons. The Bertz CT molecular complexity index is 546. The quantitative estimate of drug-likeness (QED) is 0.897. The average Bonchev–Trinajstić information content (AvgIpc) is 2.96. The van der Waals surface area contributed by atoms with Crippen LogP contribution in [0.25, 0.3) is 5.65 Å². The fourth-order valence-corrected chi connectivity index (χ4v) is 2.96. The van der Waals surface area contributed by atoms with E-state index in [1.54, 1.807) is 0 Å². The molecule has 4 nitrogen and oxygen atoms in total. The van der Waals surface area contributed by atoms with Crippen molar-refractivity contribution in [1.29, 1.82) is 0 Å². The van der Waals surface area contributed by atoms with Crippen LogP contribution in [-0.4, -0.2) is 33.4 Å². The molecular formula is C14H20N4. The molecule has 0 aliphatic carbocycles. The molecule has 3 heterocycles. The molecule has 0 aromatic carbocycles. The Morgan fingerprint density at radius 1 is 1.44 bits per heavy atom. The summed E-state index contributed by atoms with van der Waals surface area (Å²) in [4.78, 5) is 7.21. The van der Waals surface area contributed by atoms with Gasteiger partial charge in [0.2, 0.25) is 0 Å². The summed E-state index contributed by atoms with van der Waals surface area (Å²) >= 11 is 0. The molecule has 0 amide bonds. The lowest BCUT2D eigenvalue weighted by Crippen LogP contribution is -2.30. The predicted molar refractivity (Wildman–Crippen MR) is 73.6 cm³/mol. The highest BCUT2D eigenvalue weighted by molar-refractivity contribution is 5.48. The van der Waals surface area contributed by atoms with E-state index in [2.05, 4.69) is 23.0 Å². The maximum absolute atomic E-state index is 5.94. The molecule has 1 saturated heterocycles. The van der Waals surface area contributed by atoms with E-state index in [9.17, 15) is 0 Å². The number of likely N-dealkylation sites (N-methyl/N-ethyl adjacent to an activating group) is 1. The number of hydrogen-bond acceptors (Lipinski definition) is 3. The van der Waals surface area contributed by atoms with E-state index in [4.69, 9.17) is 5.73 Å². The topological polar surface area (TPSA) is 46.6 Å². The lowest BCUT2D eigenvalue weighted by molar-refractivity contribution is 0.265. The van der Waals surface area contributed by atoms with Gasteiger partial charge in [-0.1, -0.05) is 13.0 Å². The second-order valence-corrected chi connectivity index (χ2v) is 5.04. The normalized spacial score (nSPS) is 20.8. The molecule has 18 heavy (non-hydrogen) atoms. The number of nitrogen functional groups attached to an aromatic ring is 1. The van der Waals surface area contributed by atoms with E-state index < -0.39 is 0 Å². The highest BCUT2D eigenvalue weighted by atomic mass is 15.2. The summed E-state index contributed by atoms with van der Waals surface area (Å²) < 4.78 is 1.97. The molecule has 1 atom stereocenters. The minimum atomic E-state index is 0.654. The van der Waals surface area contributed by atoms with Crippen molar-refractivity contribution in [2.24, 2.45) is 0 Å². The van der Waals surface area contributed by atoms with Crippen LogP contribution in [0.15, 0.2) is 24.4 Å². The molecule has 0 bridgehead atoms. The monoisotopic (exact) mass is 244 g/mol. The summed E-state index contributed by atoms with van der Waals surface area (Å²) in [5.41, 5.74) is 8.04. The van der Waals surface area contributed by atoms with Gasteiger partial charge in [0.1, 0.15) is 11.5 Å². The van der Waals surface area contributed by atoms with Crippen LogP contribution in [0.4, 0.5) is 5.82 Å². The second kappa shape index (κ2) is 4.61. The lowest BCUT2D eigenvalue weighted by Gasteiger charge is -2.21. The van der Waals surface area contributed by atoms with Crippen molar-refractivity contribution in [3.63, 3.8) is 0 Å². The van der Waals surface area contributed by atoms with Crippen molar-refractivity contribution in [1.82, 2.24) is 14.3 Å². The van der Waals surface area contributed by atoms with Crippen molar-refractivity contribution in [2.45, 2.75) is 32.2 Å². The summed E-state index contributed by atoms with van der Waals surface area (Å²) in [6.07, 6.45) is 5.72. The van der Waals surface area contributed by atoms with Crippen molar-refractivity contribution < 1.29 is 0 Å². The van der Waals surface area contributed by atoms with Gasteiger partial charge in [-0.2, -0.15) is 0 Å². The first-order chi connectivity index (χ1) is 8.78. The van der Waals surface area contributed by atoms with Gasteiger partial charge < -0.3 is 10.6 Å². The average molecular weight is 244 g/mol. The van der Waals surface area contributed by atoms with E-state index >= 15 is 0 Å². The van der Waals surface area contributed by atoms with E-state index in [0.29, 0.717) is 6.04 Å². The summed E-state index contributed by atoms with van der Waals surface area (Å²) in [7, 11) is 0. The number of likely N-dealkylation sites (tertiary alicyclic amines) is 1. The number of aromatic nitrogens is 2. The van der Waals surface area contributed by atoms with E-state index in [0.717, 1.165) is 30.1 Å². The molecule has 0 saturated carbocycles. The smallest absolute Gasteiger partial charge is 0.138 e. The Kier molecular flexibility index (Phi) is 2.96. The standard InChI is InChI=1S/C14H20N4/c1-2-17-8-4-5-12(17)9-11-10-18-13(15)6-3-7-14(18)16-11/h3,6-7,10,12H,2,4-5,8-9,15H2,1H3. The molecular weight excluding hydrogens is 224 g/mol. The Labute approximate surface area is 107 Å². The Hall–Kier alpha value is -1.55. The van der Waals surface area contributed by atoms with E-state index in [-0.39, 0.29) is 0 Å². The van der Waals surface area contributed by atoms with Crippen LogP contribution in [0.5, 0.6) is 0 Å². The zero-order valence-electron chi connectivity index (χ0n) is 10.8. The van der Waals surface area contributed by atoms with Gasteiger partial charge >= 0.3 is 0 Å². The number of pyridine rings is 1. The predicted octanol–water partition coefficient (Wildman–Crippen LogP) is 1.94. The number of fused-ring (bicyclic) bond motifs is 1. The van der Waals surface area contributed by atoms with E-state index in [1.807, 2.05) is 22.6 Å². The van der Waals surface area contributed by atoms with Crippen molar-refractivity contribution in [3.05, 3.63) is 30.1 Å².